The number of nitrogens with zero attached hydrogens (tertiary/aromatic N) is 4. The summed E-state index contributed by atoms with van der Waals surface area (Å²) in [6.45, 7) is 1.81. The van der Waals surface area contributed by atoms with Gasteiger partial charge in [0.25, 0.3) is 5.91 Å². The average molecular weight is 408 g/mol. The van der Waals surface area contributed by atoms with Crippen molar-refractivity contribution in [2.45, 2.75) is 6.92 Å². The molecule has 0 spiro atoms. The molecule has 0 saturated carbocycles. The van der Waals surface area contributed by atoms with Gasteiger partial charge in [0.15, 0.2) is 23.0 Å². The number of aryl methyl sites for hydroxylation is 1. The second kappa shape index (κ2) is 7.74. The number of anilines is 1. The number of aromatic nitrogens is 5. The van der Waals surface area contributed by atoms with Gasteiger partial charge in [0, 0.05) is 23.9 Å². The maximum atomic E-state index is 12.7. The van der Waals surface area contributed by atoms with Crippen LogP contribution >= 0.6 is 0 Å². The summed E-state index contributed by atoms with van der Waals surface area (Å²) in [5, 5.41) is 14.0. The number of hydrogen-bond acceptors (Lipinski definition) is 7. The minimum atomic E-state index is -0.333. The minimum absolute atomic E-state index is 0.333. The molecule has 1 aromatic carbocycles. The summed E-state index contributed by atoms with van der Waals surface area (Å²) in [5.41, 5.74) is 3.19. The monoisotopic (exact) mass is 408 g/mol. The van der Waals surface area contributed by atoms with Crippen LogP contribution in [0.4, 0.5) is 5.82 Å². The number of rotatable bonds is 6. The van der Waals surface area contributed by atoms with Crippen molar-refractivity contribution in [3.63, 3.8) is 0 Å². The molecule has 2 N–H and O–H groups in total. The Morgan fingerprint density at radius 3 is 2.50 bits per heavy atom. The summed E-state index contributed by atoms with van der Waals surface area (Å²) < 4.78 is 17.7. The third-order valence-electron chi connectivity index (χ3n) is 4.70. The van der Waals surface area contributed by atoms with Gasteiger partial charge in [-0.25, -0.2) is 9.50 Å². The summed E-state index contributed by atoms with van der Waals surface area (Å²) in [7, 11) is 4.64. The van der Waals surface area contributed by atoms with Gasteiger partial charge in [-0.15, -0.1) is 0 Å². The van der Waals surface area contributed by atoms with Crippen LogP contribution in [-0.4, -0.2) is 52.0 Å². The molecule has 0 unspecified atom stereocenters. The van der Waals surface area contributed by atoms with Crippen molar-refractivity contribution in [2.24, 2.45) is 0 Å². The zero-order valence-corrected chi connectivity index (χ0v) is 16.9. The molecule has 10 nitrogen and oxygen atoms in total. The quantitative estimate of drug-likeness (QED) is 0.504. The van der Waals surface area contributed by atoms with E-state index >= 15 is 0 Å². The molecule has 3 aromatic heterocycles. The lowest BCUT2D eigenvalue weighted by atomic mass is 10.1. The molecule has 0 aliphatic rings. The van der Waals surface area contributed by atoms with E-state index in [1.807, 2.05) is 6.92 Å². The Labute approximate surface area is 171 Å². The lowest BCUT2D eigenvalue weighted by Gasteiger charge is -2.13. The average Bonchev–Trinajstić information content (AvgIpc) is 3.42. The summed E-state index contributed by atoms with van der Waals surface area (Å²) in [4.78, 5) is 17.0. The fourth-order valence-corrected chi connectivity index (χ4v) is 3.17. The Balaban J connectivity index is 1.61. The van der Waals surface area contributed by atoms with E-state index in [1.165, 1.54) is 6.20 Å². The molecule has 4 rings (SSSR count). The molecule has 0 aliphatic carbocycles. The van der Waals surface area contributed by atoms with Crippen LogP contribution < -0.4 is 19.5 Å². The number of carbonyl (C=O) groups is 1. The highest BCUT2D eigenvalue weighted by Crippen LogP contribution is 2.41. The van der Waals surface area contributed by atoms with Crippen molar-refractivity contribution in [1.82, 2.24) is 24.8 Å². The van der Waals surface area contributed by atoms with Crippen molar-refractivity contribution in [3.8, 4) is 28.5 Å². The van der Waals surface area contributed by atoms with Gasteiger partial charge < -0.3 is 19.5 Å². The van der Waals surface area contributed by atoms with Crippen LogP contribution in [0.2, 0.25) is 0 Å². The SMILES string of the molecule is COc1cc(-c2cc(NC(=O)c3cnc4ccnn4c3C)n[nH]2)cc(OC)c1OC. The standard InChI is InChI=1S/C20H20N6O4/c1-11-13(10-21-18-5-6-22-26(11)18)20(27)23-17-9-14(24-25-17)12-7-15(28-2)19(30-4)16(8-12)29-3/h5-10H,1-4H3,(H2,23,24,25,27). The van der Waals surface area contributed by atoms with Crippen LogP contribution in [-0.2, 0) is 0 Å². The lowest BCUT2D eigenvalue weighted by molar-refractivity contribution is 0.102. The van der Waals surface area contributed by atoms with Crippen molar-refractivity contribution >= 4 is 17.4 Å². The molecule has 4 aromatic rings. The fraction of sp³-hybridized carbons (Fsp3) is 0.200. The van der Waals surface area contributed by atoms with Crippen molar-refractivity contribution in [3.05, 3.63) is 47.9 Å². The molecule has 3 heterocycles. The molecule has 0 bridgehead atoms. The van der Waals surface area contributed by atoms with Gasteiger partial charge in [0.2, 0.25) is 5.75 Å². The molecule has 0 fully saturated rings. The van der Waals surface area contributed by atoms with E-state index in [-0.39, 0.29) is 5.91 Å². The third-order valence-corrected chi connectivity index (χ3v) is 4.70. The Hall–Kier alpha value is -4.08. The van der Waals surface area contributed by atoms with E-state index in [2.05, 4.69) is 25.6 Å². The largest absolute Gasteiger partial charge is 0.493 e. The number of benzene rings is 1. The van der Waals surface area contributed by atoms with E-state index in [9.17, 15) is 4.79 Å². The Kier molecular flexibility index (Phi) is 4.97. The van der Waals surface area contributed by atoms with Crippen LogP contribution in [0.3, 0.4) is 0 Å². The van der Waals surface area contributed by atoms with Gasteiger partial charge in [0.05, 0.1) is 44.5 Å². The van der Waals surface area contributed by atoms with E-state index in [1.54, 1.807) is 56.3 Å². The zero-order chi connectivity index (χ0) is 21.3. The maximum absolute atomic E-state index is 12.7. The van der Waals surface area contributed by atoms with Crippen LogP contribution in [0, 0.1) is 6.92 Å². The summed E-state index contributed by atoms with van der Waals surface area (Å²) in [6.07, 6.45) is 3.16. The first-order valence-corrected chi connectivity index (χ1v) is 9.02. The first-order chi connectivity index (χ1) is 14.5. The van der Waals surface area contributed by atoms with Crippen LogP contribution in [0.15, 0.2) is 36.7 Å². The first-order valence-electron chi connectivity index (χ1n) is 9.02. The number of hydrogen-bond donors (Lipinski definition) is 2. The number of ether oxygens (including phenoxy) is 3. The van der Waals surface area contributed by atoms with Gasteiger partial charge >= 0.3 is 0 Å². The fourth-order valence-electron chi connectivity index (χ4n) is 3.17. The number of nitrogens with one attached hydrogen (secondary N) is 2. The highest BCUT2D eigenvalue weighted by Gasteiger charge is 2.17. The predicted octanol–water partition coefficient (Wildman–Crippen LogP) is 2.71. The first kappa shape index (κ1) is 19.2. The van der Waals surface area contributed by atoms with Gasteiger partial charge in [-0.3, -0.25) is 9.89 Å². The molecule has 0 saturated heterocycles. The Morgan fingerprint density at radius 2 is 1.83 bits per heavy atom. The van der Waals surface area contributed by atoms with E-state index in [0.717, 1.165) is 5.56 Å². The van der Waals surface area contributed by atoms with Crippen molar-refractivity contribution in [1.29, 1.82) is 0 Å². The van der Waals surface area contributed by atoms with Gasteiger partial charge in [-0.05, 0) is 19.1 Å². The number of amides is 1. The van der Waals surface area contributed by atoms with Crippen LogP contribution in [0.25, 0.3) is 16.9 Å². The molecular formula is C20H20N6O4. The molecule has 154 valence electrons. The van der Waals surface area contributed by atoms with Gasteiger partial charge in [-0.1, -0.05) is 0 Å². The number of methoxy groups -OCH3 is 3. The number of fused-ring (bicyclic) bond motifs is 1. The van der Waals surface area contributed by atoms with Crippen molar-refractivity contribution < 1.29 is 19.0 Å². The summed E-state index contributed by atoms with van der Waals surface area (Å²) in [5.74, 6) is 1.56. The van der Waals surface area contributed by atoms with Crippen LogP contribution in [0.5, 0.6) is 17.2 Å². The highest BCUT2D eigenvalue weighted by molar-refractivity contribution is 6.04. The van der Waals surface area contributed by atoms with Gasteiger partial charge in [-0.2, -0.15) is 10.2 Å². The van der Waals surface area contributed by atoms with E-state index in [4.69, 9.17) is 14.2 Å². The molecular weight excluding hydrogens is 388 g/mol. The second-order valence-electron chi connectivity index (χ2n) is 6.39. The Morgan fingerprint density at radius 1 is 1.10 bits per heavy atom. The number of carbonyl (C=O) groups excluding carboxylic acids is 1. The topological polar surface area (TPSA) is 116 Å². The van der Waals surface area contributed by atoms with E-state index in [0.29, 0.717) is 45.7 Å². The lowest BCUT2D eigenvalue weighted by Crippen LogP contribution is -2.16. The van der Waals surface area contributed by atoms with Crippen LogP contribution in [0.1, 0.15) is 16.1 Å². The van der Waals surface area contributed by atoms with E-state index < -0.39 is 0 Å². The third kappa shape index (κ3) is 3.28. The summed E-state index contributed by atoms with van der Waals surface area (Å²) >= 11 is 0. The minimum Gasteiger partial charge on any atom is -0.493 e. The number of H-pyrrole nitrogens is 1. The summed E-state index contributed by atoms with van der Waals surface area (Å²) in [6, 6.07) is 7.07. The molecule has 0 atom stereocenters. The highest BCUT2D eigenvalue weighted by atomic mass is 16.5. The molecule has 10 heteroatoms. The maximum Gasteiger partial charge on any atom is 0.260 e. The van der Waals surface area contributed by atoms with Crippen molar-refractivity contribution in [2.75, 3.05) is 26.6 Å². The molecule has 1 amide bonds. The Bertz CT molecular complexity index is 1200. The molecule has 0 radical (unpaired) electrons. The molecule has 0 aliphatic heterocycles. The van der Waals surface area contributed by atoms with Gasteiger partial charge in [0.1, 0.15) is 0 Å². The number of aromatic amines is 1. The molecule has 30 heavy (non-hydrogen) atoms. The second-order valence-corrected chi connectivity index (χ2v) is 6.39. The normalized spacial score (nSPS) is 10.8. The zero-order valence-electron chi connectivity index (χ0n) is 16.9. The predicted molar refractivity (Wildman–Crippen MR) is 109 cm³/mol. The smallest absolute Gasteiger partial charge is 0.260 e.